The number of nitrogens with zero attached hydrogens (tertiary/aromatic N) is 3. The molecular weight excluding hydrogens is 314 g/mol. The molecule has 0 aliphatic carbocycles. The highest BCUT2D eigenvalue weighted by molar-refractivity contribution is 5.81. The fourth-order valence-corrected chi connectivity index (χ4v) is 3.48. The lowest BCUT2D eigenvalue weighted by atomic mass is 10.2. The highest BCUT2D eigenvalue weighted by Gasteiger charge is 2.32. The molecule has 1 aromatic heterocycles. The second-order valence-corrected chi connectivity index (χ2v) is 6.88. The van der Waals surface area contributed by atoms with Crippen LogP contribution in [0.15, 0.2) is 36.4 Å². The molecule has 0 saturated carbocycles. The van der Waals surface area contributed by atoms with E-state index in [4.69, 9.17) is 4.74 Å². The van der Waals surface area contributed by atoms with Crippen LogP contribution in [0, 0.1) is 13.8 Å². The van der Waals surface area contributed by atoms with E-state index in [2.05, 4.69) is 18.1 Å². The number of amides is 1. The third kappa shape index (κ3) is 4.28. The maximum absolute atomic E-state index is 12.8. The number of benzene rings is 1. The first-order valence-electron chi connectivity index (χ1n) is 9.01. The first kappa shape index (κ1) is 17.7. The molecule has 3 rings (SSSR count). The maximum Gasteiger partial charge on any atom is 0.251 e. The zero-order valence-corrected chi connectivity index (χ0v) is 15.3. The topological polar surface area (TPSA) is 47.4 Å². The van der Waals surface area contributed by atoms with Crippen molar-refractivity contribution in [2.24, 2.45) is 0 Å². The van der Waals surface area contributed by atoms with Crippen molar-refractivity contribution in [3.05, 3.63) is 53.3 Å². The molecule has 1 aromatic carbocycles. The van der Waals surface area contributed by atoms with Gasteiger partial charge >= 0.3 is 0 Å². The SMILES string of the molecule is Cc1cc(C)n(C[C@@H]2CCCN2C(=O)[C@@H](C)OCc2ccccc2)n1. The molecule has 25 heavy (non-hydrogen) atoms. The number of rotatable bonds is 6. The maximum atomic E-state index is 12.8. The highest BCUT2D eigenvalue weighted by Crippen LogP contribution is 2.21. The summed E-state index contributed by atoms with van der Waals surface area (Å²) in [5, 5.41) is 4.54. The van der Waals surface area contributed by atoms with Gasteiger partial charge in [-0.05, 0) is 45.2 Å². The molecule has 2 aromatic rings. The van der Waals surface area contributed by atoms with Crippen LogP contribution in [-0.4, -0.2) is 39.3 Å². The summed E-state index contributed by atoms with van der Waals surface area (Å²) in [6.45, 7) is 7.94. The van der Waals surface area contributed by atoms with Crippen LogP contribution >= 0.6 is 0 Å². The van der Waals surface area contributed by atoms with Crippen LogP contribution in [0.3, 0.4) is 0 Å². The summed E-state index contributed by atoms with van der Waals surface area (Å²) in [5.74, 6) is 0.0833. The van der Waals surface area contributed by atoms with E-state index in [-0.39, 0.29) is 11.9 Å². The van der Waals surface area contributed by atoms with E-state index in [0.29, 0.717) is 6.61 Å². The zero-order valence-electron chi connectivity index (χ0n) is 15.3. The molecule has 134 valence electrons. The number of aryl methyl sites for hydroxylation is 2. The summed E-state index contributed by atoms with van der Waals surface area (Å²) in [4.78, 5) is 14.8. The molecule has 1 aliphatic rings. The summed E-state index contributed by atoms with van der Waals surface area (Å²) in [6.07, 6.45) is 1.64. The number of ether oxygens (including phenoxy) is 1. The number of carbonyl (C=O) groups excluding carboxylic acids is 1. The third-order valence-corrected chi connectivity index (χ3v) is 4.84. The van der Waals surface area contributed by atoms with Crippen molar-refractivity contribution in [1.29, 1.82) is 0 Å². The van der Waals surface area contributed by atoms with E-state index in [1.165, 1.54) is 0 Å². The molecule has 0 bridgehead atoms. The Morgan fingerprint density at radius 2 is 2.08 bits per heavy atom. The number of carbonyl (C=O) groups is 1. The van der Waals surface area contributed by atoms with Gasteiger partial charge in [0.05, 0.1) is 24.9 Å². The van der Waals surface area contributed by atoms with Gasteiger partial charge in [0.1, 0.15) is 6.10 Å². The molecule has 2 heterocycles. The molecule has 2 atom stereocenters. The minimum atomic E-state index is -0.429. The largest absolute Gasteiger partial charge is 0.364 e. The fourth-order valence-electron chi connectivity index (χ4n) is 3.48. The Morgan fingerprint density at radius 3 is 2.76 bits per heavy atom. The van der Waals surface area contributed by atoms with Crippen LogP contribution < -0.4 is 0 Å². The molecular formula is C20H27N3O2. The monoisotopic (exact) mass is 341 g/mol. The second kappa shape index (κ2) is 7.83. The van der Waals surface area contributed by atoms with Crippen molar-refractivity contribution in [1.82, 2.24) is 14.7 Å². The molecule has 1 fully saturated rings. The zero-order chi connectivity index (χ0) is 17.8. The fraction of sp³-hybridized carbons (Fsp3) is 0.500. The van der Waals surface area contributed by atoms with Crippen LogP contribution in [0.1, 0.15) is 36.7 Å². The minimum absolute atomic E-state index is 0.0833. The van der Waals surface area contributed by atoms with Crippen LogP contribution in [0.5, 0.6) is 0 Å². The summed E-state index contributed by atoms with van der Waals surface area (Å²) < 4.78 is 7.83. The van der Waals surface area contributed by atoms with E-state index in [1.54, 1.807) is 0 Å². The van der Waals surface area contributed by atoms with Gasteiger partial charge in [-0.3, -0.25) is 9.48 Å². The molecule has 0 N–H and O–H groups in total. The van der Waals surface area contributed by atoms with E-state index in [9.17, 15) is 4.79 Å². The summed E-state index contributed by atoms with van der Waals surface area (Å²) >= 11 is 0. The standard InChI is InChI=1S/C20H27N3O2/c1-15-12-16(2)23(21-15)13-19-10-7-11-22(19)20(24)17(3)25-14-18-8-5-4-6-9-18/h4-6,8-9,12,17,19H,7,10-11,13-14H2,1-3H3/t17-,19+/m1/s1. The van der Waals surface area contributed by atoms with Gasteiger partial charge in [-0.1, -0.05) is 30.3 Å². The predicted octanol–water partition coefficient (Wildman–Crippen LogP) is 3.10. The normalized spacial score (nSPS) is 18.5. The van der Waals surface area contributed by atoms with Gasteiger partial charge in [0.15, 0.2) is 0 Å². The van der Waals surface area contributed by atoms with Gasteiger partial charge in [-0.25, -0.2) is 0 Å². The molecule has 1 saturated heterocycles. The summed E-state index contributed by atoms with van der Waals surface area (Å²) in [6, 6.07) is 12.2. The van der Waals surface area contributed by atoms with Crippen LogP contribution in [-0.2, 0) is 22.7 Å². The Labute approximate surface area is 149 Å². The Bertz CT molecular complexity index is 711. The van der Waals surface area contributed by atoms with Gasteiger partial charge < -0.3 is 9.64 Å². The van der Waals surface area contributed by atoms with Gasteiger partial charge in [-0.2, -0.15) is 5.10 Å². The molecule has 5 heteroatoms. The van der Waals surface area contributed by atoms with Gasteiger partial charge in [0, 0.05) is 12.2 Å². The number of likely N-dealkylation sites (tertiary alicyclic amines) is 1. The Kier molecular flexibility index (Phi) is 5.53. The minimum Gasteiger partial charge on any atom is -0.364 e. The number of hydrogen-bond donors (Lipinski definition) is 0. The average molecular weight is 341 g/mol. The number of hydrogen-bond acceptors (Lipinski definition) is 3. The lowest BCUT2D eigenvalue weighted by Crippen LogP contribution is -2.43. The first-order chi connectivity index (χ1) is 12.0. The van der Waals surface area contributed by atoms with Crippen LogP contribution in [0.2, 0.25) is 0 Å². The van der Waals surface area contributed by atoms with Gasteiger partial charge in [0.25, 0.3) is 5.91 Å². The number of aromatic nitrogens is 2. The third-order valence-electron chi connectivity index (χ3n) is 4.84. The Morgan fingerprint density at radius 1 is 1.32 bits per heavy atom. The van der Waals surface area contributed by atoms with Crippen LogP contribution in [0.25, 0.3) is 0 Å². The molecule has 1 aliphatic heterocycles. The molecule has 0 spiro atoms. The van der Waals surface area contributed by atoms with Crippen molar-refractivity contribution < 1.29 is 9.53 Å². The van der Waals surface area contributed by atoms with E-state index < -0.39 is 6.10 Å². The van der Waals surface area contributed by atoms with Gasteiger partial charge in [0.2, 0.25) is 0 Å². The van der Waals surface area contributed by atoms with E-state index >= 15 is 0 Å². The van der Waals surface area contributed by atoms with Crippen molar-refractivity contribution in [2.45, 2.75) is 58.9 Å². The molecule has 0 unspecified atom stereocenters. The molecule has 0 radical (unpaired) electrons. The first-order valence-corrected chi connectivity index (χ1v) is 9.01. The summed E-state index contributed by atoms with van der Waals surface area (Å²) in [7, 11) is 0. The molecule has 1 amide bonds. The van der Waals surface area contributed by atoms with Gasteiger partial charge in [-0.15, -0.1) is 0 Å². The van der Waals surface area contributed by atoms with Crippen molar-refractivity contribution in [3.63, 3.8) is 0 Å². The Balaban J connectivity index is 1.59. The smallest absolute Gasteiger partial charge is 0.251 e. The van der Waals surface area contributed by atoms with Crippen molar-refractivity contribution in [3.8, 4) is 0 Å². The quantitative estimate of drug-likeness (QED) is 0.811. The Hall–Kier alpha value is -2.14. The van der Waals surface area contributed by atoms with Crippen molar-refractivity contribution in [2.75, 3.05) is 6.54 Å². The van der Waals surface area contributed by atoms with Crippen LogP contribution in [0.4, 0.5) is 0 Å². The molecule has 5 nitrogen and oxygen atoms in total. The lowest BCUT2D eigenvalue weighted by Gasteiger charge is -2.28. The second-order valence-electron chi connectivity index (χ2n) is 6.88. The average Bonchev–Trinajstić information content (AvgIpc) is 3.19. The lowest BCUT2D eigenvalue weighted by molar-refractivity contribution is -0.144. The van der Waals surface area contributed by atoms with E-state index in [1.807, 2.05) is 53.8 Å². The van der Waals surface area contributed by atoms with Crippen molar-refractivity contribution >= 4 is 5.91 Å². The van der Waals surface area contributed by atoms with E-state index in [0.717, 1.165) is 42.9 Å². The highest BCUT2D eigenvalue weighted by atomic mass is 16.5. The summed E-state index contributed by atoms with van der Waals surface area (Å²) in [5.41, 5.74) is 3.25. The predicted molar refractivity (Wildman–Crippen MR) is 97.1 cm³/mol.